The monoisotopic (exact) mass is 384 g/mol. The van der Waals surface area contributed by atoms with Crippen molar-refractivity contribution in [2.45, 2.75) is 31.5 Å². The molecule has 2 N–H and O–H groups in total. The fourth-order valence-corrected chi connectivity index (χ4v) is 3.15. The van der Waals surface area contributed by atoms with Crippen molar-refractivity contribution in [1.82, 2.24) is 10.2 Å². The molecule has 0 aromatic heterocycles. The SMILES string of the molecule is CC(=S)NC1(C(=O)Nc2ccc(C#N)c(C(F)(F)F)c2)CCN(C)CC1. The molecule has 0 saturated carbocycles. The number of likely N-dealkylation sites (tertiary alicyclic amines) is 1. The largest absolute Gasteiger partial charge is 0.417 e. The zero-order chi connectivity index (χ0) is 19.5. The molecule has 0 atom stereocenters. The molecule has 1 aliphatic rings. The highest BCUT2D eigenvalue weighted by atomic mass is 32.1. The molecule has 0 radical (unpaired) electrons. The van der Waals surface area contributed by atoms with E-state index in [9.17, 15) is 18.0 Å². The molecule has 0 spiro atoms. The third kappa shape index (κ3) is 4.51. The average molecular weight is 384 g/mol. The van der Waals surface area contributed by atoms with E-state index in [2.05, 4.69) is 15.5 Å². The Hall–Kier alpha value is -2.18. The van der Waals surface area contributed by atoms with Crippen LogP contribution in [-0.2, 0) is 11.0 Å². The lowest BCUT2D eigenvalue weighted by Gasteiger charge is -2.40. The number of hydrogen-bond acceptors (Lipinski definition) is 4. The lowest BCUT2D eigenvalue weighted by atomic mass is 9.86. The number of nitrogens with zero attached hydrogens (tertiary/aromatic N) is 2. The van der Waals surface area contributed by atoms with E-state index in [1.54, 1.807) is 6.92 Å². The van der Waals surface area contributed by atoms with Gasteiger partial charge in [-0.15, -0.1) is 0 Å². The molecule has 9 heteroatoms. The van der Waals surface area contributed by atoms with Gasteiger partial charge in [0, 0.05) is 18.8 Å². The number of benzene rings is 1. The van der Waals surface area contributed by atoms with Gasteiger partial charge in [-0.25, -0.2) is 0 Å². The number of piperidine rings is 1. The fourth-order valence-electron chi connectivity index (χ4n) is 2.95. The molecule has 5 nitrogen and oxygen atoms in total. The van der Waals surface area contributed by atoms with Crippen molar-refractivity contribution in [2.75, 3.05) is 25.5 Å². The van der Waals surface area contributed by atoms with Crippen molar-refractivity contribution in [3.63, 3.8) is 0 Å². The number of nitriles is 1. The van der Waals surface area contributed by atoms with Crippen LogP contribution in [0.2, 0.25) is 0 Å². The van der Waals surface area contributed by atoms with E-state index < -0.39 is 28.7 Å². The molecule has 1 saturated heterocycles. The van der Waals surface area contributed by atoms with Crippen LogP contribution in [0.5, 0.6) is 0 Å². The highest BCUT2D eigenvalue weighted by molar-refractivity contribution is 7.80. The van der Waals surface area contributed by atoms with E-state index >= 15 is 0 Å². The van der Waals surface area contributed by atoms with Crippen LogP contribution in [-0.4, -0.2) is 41.5 Å². The lowest BCUT2D eigenvalue weighted by Crippen LogP contribution is -2.60. The van der Waals surface area contributed by atoms with Crippen LogP contribution < -0.4 is 10.6 Å². The highest BCUT2D eigenvalue weighted by Crippen LogP contribution is 2.34. The number of thiocarbonyl (C=S) groups is 1. The zero-order valence-corrected chi connectivity index (χ0v) is 15.2. The van der Waals surface area contributed by atoms with Crippen molar-refractivity contribution in [3.8, 4) is 6.07 Å². The predicted octanol–water partition coefficient (Wildman–Crippen LogP) is 2.92. The number of carbonyl (C=O) groups is 1. The Balaban J connectivity index is 2.29. The lowest BCUT2D eigenvalue weighted by molar-refractivity contribution is -0.137. The van der Waals surface area contributed by atoms with Crippen molar-refractivity contribution in [1.29, 1.82) is 5.26 Å². The predicted molar refractivity (Wildman–Crippen MR) is 95.7 cm³/mol. The van der Waals surface area contributed by atoms with E-state index in [0.717, 1.165) is 12.1 Å². The van der Waals surface area contributed by atoms with E-state index in [0.29, 0.717) is 30.9 Å². The van der Waals surface area contributed by atoms with E-state index in [1.807, 2.05) is 7.05 Å². The van der Waals surface area contributed by atoms with Crippen LogP contribution in [0.4, 0.5) is 18.9 Å². The minimum Gasteiger partial charge on any atom is -0.366 e. The number of halogens is 3. The van der Waals surface area contributed by atoms with Gasteiger partial charge in [-0.3, -0.25) is 4.79 Å². The molecule has 2 rings (SSSR count). The Morgan fingerprint density at radius 2 is 1.96 bits per heavy atom. The summed E-state index contributed by atoms with van der Waals surface area (Å²) in [5.41, 5.74) is -2.54. The van der Waals surface area contributed by atoms with Gasteiger partial charge < -0.3 is 15.5 Å². The molecule has 1 aromatic carbocycles. The summed E-state index contributed by atoms with van der Waals surface area (Å²) in [5.74, 6) is -0.437. The molecule has 1 amide bonds. The van der Waals surface area contributed by atoms with Gasteiger partial charge in [0.05, 0.1) is 22.2 Å². The second-order valence-electron chi connectivity index (χ2n) is 6.39. The molecule has 0 aliphatic carbocycles. The summed E-state index contributed by atoms with van der Waals surface area (Å²) < 4.78 is 39.3. The maximum Gasteiger partial charge on any atom is 0.417 e. The van der Waals surface area contributed by atoms with E-state index in [-0.39, 0.29) is 5.69 Å². The van der Waals surface area contributed by atoms with Gasteiger partial charge in [-0.1, -0.05) is 12.2 Å². The standard InChI is InChI=1S/C17H19F3N4OS/c1-11(26)23-16(5-7-24(2)8-6-16)15(25)22-13-4-3-12(10-21)14(9-13)17(18,19)20/h3-4,9H,5-8H2,1-2H3,(H,22,25)(H,23,26). The van der Waals surface area contributed by atoms with Crippen LogP contribution in [0.25, 0.3) is 0 Å². The van der Waals surface area contributed by atoms with E-state index in [1.165, 1.54) is 12.1 Å². The molecule has 1 heterocycles. The third-order valence-corrected chi connectivity index (χ3v) is 4.50. The van der Waals surface area contributed by atoms with Gasteiger partial charge in [0.25, 0.3) is 0 Å². The van der Waals surface area contributed by atoms with Gasteiger partial charge in [-0.2, -0.15) is 18.4 Å². The first kappa shape index (κ1) is 20.1. The van der Waals surface area contributed by atoms with Gasteiger partial charge in [0.15, 0.2) is 0 Å². The van der Waals surface area contributed by atoms with Crippen LogP contribution in [0.15, 0.2) is 18.2 Å². The molecule has 1 aliphatic heterocycles. The second kappa shape index (κ2) is 7.60. The summed E-state index contributed by atoms with van der Waals surface area (Å²) in [6.45, 7) is 2.97. The van der Waals surface area contributed by atoms with Crippen LogP contribution >= 0.6 is 12.2 Å². The number of nitrogens with one attached hydrogen (secondary N) is 2. The Bertz CT molecular complexity index is 749. The van der Waals surface area contributed by atoms with Crippen LogP contribution in [0, 0.1) is 11.3 Å². The molecular weight excluding hydrogens is 365 g/mol. The molecule has 26 heavy (non-hydrogen) atoms. The molecule has 0 bridgehead atoms. The van der Waals surface area contributed by atoms with Crippen molar-refractivity contribution in [2.24, 2.45) is 0 Å². The Morgan fingerprint density at radius 1 is 1.35 bits per heavy atom. The third-order valence-electron chi connectivity index (χ3n) is 4.39. The number of carbonyl (C=O) groups excluding carboxylic acids is 1. The summed E-state index contributed by atoms with van der Waals surface area (Å²) in [7, 11) is 1.93. The van der Waals surface area contributed by atoms with Gasteiger partial charge in [0.1, 0.15) is 5.54 Å². The number of anilines is 1. The van der Waals surface area contributed by atoms with Gasteiger partial charge in [-0.05, 0) is 45.0 Å². The first-order valence-electron chi connectivity index (χ1n) is 7.97. The summed E-state index contributed by atoms with van der Waals surface area (Å²) in [6, 6.07) is 4.64. The Morgan fingerprint density at radius 3 is 2.46 bits per heavy atom. The molecule has 1 fully saturated rings. The number of hydrogen-bond donors (Lipinski definition) is 2. The van der Waals surface area contributed by atoms with Gasteiger partial charge >= 0.3 is 6.18 Å². The van der Waals surface area contributed by atoms with Crippen molar-refractivity contribution >= 4 is 28.8 Å². The normalized spacial score (nSPS) is 17.2. The highest BCUT2D eigenvalue weighted by Gasteiger charge is 2.41. The topological polar surface area (TPSA) is 68.2 Å². The minimum atomic E-state index is -4.68. The summed E-state index contributed by atoms with van der Waals surface area (Å²) in [4.78, 5) is 15.4. The van der Waals surface area contributed by atoms with Crippen LogP contribution in [0.1, 0.15) is 30.9 Å². The minimum absolute atomic E-state index is 0.0107. The fraction of sp³-hybridized carbons (Fsp3) is 0.471. The number of alkyl halides is 3. The van der Waals surface area contributed by atoms with Gasteiger partial charge in [0.2, 0.25) is 5.91 Å². The summed E-state index contributed by atoms with van der Waals surface area (Å²) in [6.07, 6.45) is -3.72. The quantitative estimate of drug-likeness (QED) is 0.785. The summed E-state index contributed by atoms with van der Waals surface area (Å²) in [5, 5.41) is 14.4. The first-order valence-corrected chi connectivity index (χ1v) is 8.38. The zero-order valence-electron chi connectivity index (χ0n) is 14.4. The Labute approximate surface area is 155 Å². The summed E-state index contributed by atoms with van der Waals surface area (Å²) >= 11 is 5.07. The number of rotatable bonds is 3. The maximum atomic E-state index is 13.1. The smallest absolute Gasteiger partial charge is 0.366 e. The van der Waals surface area contributed by atoms with E-state index in [4.69, 9.17) is 17.5 Å². The average Bonchev–Trinajstić information content (AvgIpc) is 2.55. The maximum absolute atomic E-state index is 13.1. The molecule has 1 aromatic rings. The van der Waals surface area contributed by atoms with Crippen molar-refractivity contribution in [3.05, 3.63) is 29.3 Å². The Kier molecular flexibility index (Phi) is 5.88. The number of amides is 1. The van der Waals surface area contributed by atoms with Crippen molar-refractivity contribution < 1.29 is 18.0 Å². The second-order valence-corrected chi connectivity index (χ2v) is 7.00. The molecule has 140 valence electrons. The molecule has 0 unspecified atom stereocenters. The molecular formula is C17H19F3N4OS. The first-order chi connectivity index (χ1) is 12.1. The van der Waals surface area contributed by atoms with Crippen LogP contribution in [0.3, 0.4) is 0 Å².